The van der Waals surface area contributed by atoms with Gasteiger partial charge in [-0.15, -0.1) is 0 Å². The summed E-state index contributed by atoms with van der Waals surface area (Å²) in [5, 5.41) is 13.8. The van der Waals surface area contributed by atoms with Gasteiger partial charge in [0.15, 0.2) is 0 Å². The average molecular weight is 619 g/mol. The van der Waals surface area contributed by atoms with Crippen LogP contribution in [-0.4, -0.2) is 52.8 Å². The normalized spacial score (nSPS) is 28.9. The molecule has 13 heteroatoms. The van der Waals surface area contributed by atoms with Crippen LogP contribution in [0.1, 0.15) is 24.8 Å². The van der Waals surface area contributed by atoms with E-state index in [1.807, 2.05) is 0 Å². The number of hydrogen-bond donors (Lipinski definition) is 2. The van der Waals surface area contributed by atoms with Crippen molar-refractivity contribution in [2.45, 2.75) is 36.8 Å². The van der Waals surface area contributed by atoms with E-state index in [1.165, 1.54) is 40.1 Å². The third-order valence-corrected chi connectivity index (χ3v) is 9.10. The Bertz CT molecular complexity index is 1420. The molecule has 7 nitrogen and oxygen atoms in total. The lowest BCUT2D eigenvalue weighted by Gasteiger charge is -2.36. The van der Waals surface area contributed by atoms with Crippen molar-refractivity contribution in [2.24, 2.45) is 17.8 Å². The number of carbonyl (C=O) groups excluding carboxylic acids is 2. The third-order valence-electron chi connectivity index (χ3n) is 8.15. The van der Waals surface area contributed by atoms with E-state index in [0.29, 0.717) is 5.69 Å². The van der Waals surface area contributed by atoms with Crippen LogP contribution in [0.3, 0.4) is 0 Å². The lowest BCUT2D eigenvalue weighted by molar-refractivity contribution is -0.153. The highest BCUT2D eigenvalue weighted by Gasteiger charge is 2.74. The maximum Gasteiger partial charge on any atom is 0.310 e. The number of anilines is 2. The van der Waals surface area contributed by atoms with Gasteiger partial charge in [-0.3, -0.25) is 19.3 Å². The van der Waals surface area contributed by atoms with Gasteiger partial charge < -0.3 is 15.3 Å². The number of benzene rings is 2. The Morgan fingerprint density at radius 3 is 2.31 bits per heavy atom. The molecule has 2 aromatic rings. The molecule has 206 valence electrons. The van der Waals surface area contributed by atoms with Crippen LogP contribution < -0.4 is 10.2 Å². The largest absolute Gasteiger partial charge is 0.481 e. The second-order valence-corrected chi connectivity index (χ2v) is 12.4. The Kier molecular flexibility index (Phi) is 6.36. The van der Waals surface area contributed by atoms with Crippen LogP contribution in [-0.2, 0) is 19.9 Å². The van der Waals surface area contributed by atoms with Gasteiger partial charge in [-0.25, -0.2) is 8.78 Å². The minimum absolute atomic E-state index is 0.0353. The summed E-state index contributed by atoms with van der Waals surface area (Å²) in [6, 6.07) is 6.00. The van der Waals surface area contributed by atoms with E-state index in [-0.39, 0.29) is 43.8 Å². The van der Waals surface area contributed by atoms with E-state index in [2.05, 4.69) is 5.32 Å². The number of aliphatic carboxylic acids is 1. The number of amides is 2. The molecule has 1 aliphatic carbocycles. The maximum atomic E-state index is 15.0. The Morgan fingerprint density at radius 1 is 1.05 bits per heavy atom. The zero-order valence-electron chi connectivity index (χ0n) is 20.1. The first-order valence-corrected chi connectivity index (χ1v) is 13.8. The van der Waals surface area contributed by atoms with Gasteiger partial charge in [-0.2, -0.15) is 0 Å². The Morgan fingerprint density at radius 2 is 1.69 bits per heavy atom. The van der Waals surface area contributed by atoms with Crippen LogP contribution in [0.15, 0.2) is 30.3 Å². The molecule has 3 heterocycles. The van der Waals surface area contributed by atoms with Gasteiger partial charge in [0.05, 0.1) is 23.2 Å². The van der Waals surface area contributed by atoms with Crippen molar-refractivity contribution in [3.63, 3.8) is 0 Å². The fourth-order valence-corrected chi connectivity index (χ4v) is 7.59. The summed E-state index contributed by atoms with van der Waals surface area (Å²) >= 11 is 25.0. The molecule has 4 atom stereocenters. The summed E-state index contributed by atoms with van der Waals surface area (Å²) in [5.74, 6) is -9.33. The number of carboxylic acids is 1. The van der Waals surface area contributed by atoms with Crippen LogP contribution >= 0.6 is 46.4 Å². The van der Waals surface area contributed by atoms with E-state index in [0.717, 1.165) is 12.8 Å². The predicted octanol–water partition coefficient (Wildman–Crippen LogP) is 5.93. The van der Waals surface area contributed by atoms with Gasteiger partial charge in [-0.05, 0) is 49.1 Å². The first-order valence-electron chi connectivity index (χ1n) is 12.3. The van der Waals surface area contributed by atoms with E-state index >= 15 is 8.78 Å². The highest BCUT2D eigenvalue weighted by atomic mass is 35.5. The van der Waals surface area contributed by atoms with Crippen LogP contribution in [0, 0.1) is 17.8 Å². The number of nitrogens with zero attached hydrogens (tertiary/aromatic N) is 2. The number of fused-ring (bicyclic) bond motifs is 4. The highest BCUT2D eigenvalue weighted by Crippen LogP contribution is 2.61. The zero-order chi connectivity index (χ0) is 28.0. The summed E-state index contributed by atoms with van der Waals surface area (Å²) in [5.41, 5.74) is -1.64. The standard InChI is InChI=1S/C26H21Cl4F2N3O4/c27-12-3-13(28)5-15(4-12)34(9-11-1-2-11)22(36)19-18-8-25(31,32)10-35(18)26(20(19)23(37)38)16-6-14(29)7-17(30)21(16)33-24(26)39/h3-7,11,18-20H,1-2,8-10H2,(H,33,39)(H,37,38)/t18-,19+,20+,26?/m1/s1. The fourth-order valence-electron chi connectivity index (χ4n) is 6.54. The molecule has 3 aliphatic heterocycles. The number of halogens is 6. The van der Waals surface area contributed by atoms with Crippen LogP contribution in [0.4, 0.5) is 20.2 Å². The molecule has 1 saturated carbocycles. The molecular weight excluding hydrogens is 598 g/mol. The Balaban J connectivity index is 1.54. The Hall–Kier alpha value is -2.17. The molecule has 1 spiro atoms. The third kappa shape index (κ3) is 4.20. The van der Waals surface area contributed by atoms with E-state index < -0.39 is 60.1 Å². The molecule has 2 amide bonds. The topological polar surface area (TPSA) is 90.0 Å². The van der Waals surface area contributed by atoms with Crippen molar-refractivity contribution >= 4 is 75.6 Å². The molecule has 0 aromatic heterocycles. The number of rotatable bonds is 5. The summed E-state index contributed by atoms with van der Waals surface area (Å²) < 4.78 is 30.1. The molecule has 39 heavy (non-hydrogen) atoms. The van der Waals surface area contributed by atoms with Crippen molar-refractivity contribution in [3.8, 4) is 0 Å². The molecule has 1 unspecified atom stereocenters. The van der Waals surface area contributed by atoms with Gasteiger partial charge in [0.25, 0.3) is 11.8 Å². The summed E-state index contributed by atoms with van der Waals surface area (Å²) in [7, 11) is 0. The van der Waals surface area contributed by atoms with Crippen molar-refractivity contribution in [1.82, 2.24) is 4.90 Å². The first-order chi connectivity index (χ1) is 18.3. The molecule has 6 rings (SSSR count). The van der Waals surface area contributed by atoms with Crippen molar-refractivity contribution in [1.29, 1.82) is 0 Å². The average Bonchev–Trinajstić information content (AvgIpc) is 3.45. The number of nitrogens with one attached hydrogen (secondary N) is 1. The van der Waals surface area contributed by atoms with Gasteiger partial charge in [0.2, 0.25) is 5.91 Å². The molecule has 3 fully saturated rings. The van der Waals surface area contributed by atoms with Gasteiger partial charge >= 0.3 is 5.97 Å². The molecule has 0 bridgehead atoms. The van der Waals surface area contributed by atoms with E-state index in [9.17, 15) is 19.5 Å². The SMILES string of the molecule is O=C(O)[C@@H]1[C@@H](C(=O)N(CC2CC2)c2cc(Cl)cc(Cl)c2)[C@H]2CC(F)(F)CN2C12C(=O)Nc1c(Cl)cc(Cl)cc12. The smallest absolute Gasteiger partial charge is 0.310 e. The fraction of sp³-hybridized carbons (Fsp3) is 0.423. The maximum absolute atomic E-state index is 15.0. The second-order valence-electron chi connectivity index (χ2n) is 10.6. The van der Waals surface area contributed by atoms with Gasteiger partial charge in [0, 0.05) is 45.3 Å². The number of hydrogen-bond acceptors (Lipinski definition) is 4. The molecule has 2 N–H and O–H groups in total. The van der Waals surface area contributed by atoms with Crippen molar-refractivity contribution < 1.29 is 28.3 Å². The molecule has 4 aliphatic rings. The lowest BCUT2D eigenvalue weighted by atomic mass is 9.73. The van der Waals surface area contributed by atoms with Crippen LogP contribution in [0.5, 0.6) is 0 Å². The number of carboxylic acid groups (broad SMARTS) is 1. The monoisotopic (exact) mass is 617 g/mol. The minimum Gasteiger partial charge on any atom is -0.481 e. The van der Waals surface area contributed by atoms with E-state index in [1.54, 1.807) is 0 Å². The van der Waals surface area contributed by atoms with Crippen LogP contribution in [0.25, 0.3) is 0 Å². The lowest BCUT2D eigenvalue weighted by Crippen LogP contribution is -2.54. The van der Waals surface area contributed by atoms with E-state index in [4.69, 9.17) is 46.4 Å². The zero-order valence-corrected chi connectivity index (χ0v) is 23.1. The predicted molar refractivity (Wildman–Crippen MR) is 143 cm³/mol. The summed E-state index contributed by atoms with van der Waals surface area (Å²) in [6.45, 7) is -0.678. The first kappa shape index (κ1) is 27.0. The number of alkyl halides is 2. The molecule has 2 saturated heterocycles. The van der Waals surface area contributed by atoms with Gasteiger partial charge in [-0.1, -0.05) is 46.4 Å². The summed E-state index contributed by atoms with van der Waals surface area (Å²) in [6.07, 6.45) is 0.921. The minimum atomic E-state index is -3.27. The Labute approximate surface area is 241 Å². The summed E-state index contributed by atoms with van der Waals surface area (Å²) in [4.78, 5) is 43.7. The second kappa shape index (κ2) is 9.17. The van der Waals surface area contributed by atoms with Crippen molar-refractivity contribution in [2.75, 3.05) is 23.3 Å². The van der Waals surface area contributed by atoms with Crippen molar-refractivity contribution in [3.05, 3.63) is 56.0 Å². The molecule has 2 aromatic carbocycles. The van der Waals surface area contributed by atoms with Gasteiger partial charge in [0.1, 0.15) is 11.5 Å². The van der Waals surface area contributed by atoms with Crippen LogP contribution in [0.2, 0.25) is 20.1 Å². The molecule has 0 radical (unpaired) electrons. The quantitative estimate of drug-likeness (QED) is 0.433. The number of carbonyl (C=O) groups is 3. The highest BCUT2D eigenvalue weighted by molar-refractivity contribution is 6.38. The molecular formula is C26H21Cl4F2N3O4.